The lowest BCUT2D eigenvalue weighted by Crippen LogP contribution is -2.13. The lowest BCUT2D eigenvalue weighted by molar-refractivity contribution is 0.102. The van der Waals surface area contributed by atoms with Crippen molar-refractivity contribution in [3.63, 3.8) is 0 Å². The number of H-pyrrole nitrogens is 1. The van der Waals surface area contributed by atoms with Gasteiger partial charge in [0.2, 0.25) is 0 Å². The molecule has 0 spiro atoms. The first-order chi connectivity index (χ1) is 14.8. The molecular formula is C24H17N5O. The number of hydrogen-bond acceptors (Lipinski definition) is 4. The molecular weight excluding hydrogens is 374 g/mol. The number of carbonyl (C=O) groups is 1. The quantitative estimate of drug-likeness (QED) is 0.455. The standard InChI is InChI=1S/C24H17N5O/c30-24(27-23-14-22(28-29-23)17-9-6-12-25-15-17)19-13-21(16-7-2-1-3-8-16)26-20-11-5-4-10-18(19)20/h1-15H,(H2,27,28,29,30). The smallest absolute Gasteiger partial charge is 0.257 e. The predicted octanol–water partition coefficient (Wildman–Crippen LogP) is 4.94. The minimum Gasteiger partial charge on any atom is -0.305 e. The number of benzene rings is 2. The lowest BCUT2D eigenvalue weighted by atomic mass is 10.0. The number of aromatic nitrogens is 4. The van der Waals surface area contributed by atoms with Gasteiger partial charge in [-0.1, -0.05) is 48.5 Å². The average molecular weight is 391 g/mol. The van der Waals surface area contributed by atoms with Gasteiger partial charge in [0.1, 0.15) is 0 Å². The molecule has 0 atom stereocenters. The van der Waals surface area contributed by atoms with Gasteiger partial charge in [-0.25, -0.2) is 4.98 Å². The van der Waals surface area contributed by atoms with Gasteiger partial charge in [0.15, 0.2) is 5.82 Å². The van der Waals surface area contributed by atoms with Crippen LogP contribution in [-0.2, 0) is 0 Å². The molecule has 5 rings (SSSR count). The van der Waals surface area contributed by atoms with Crippen molar-refractivity contribution < 1.29 is 4.79 Å². The molecule has 5 aromatic rings. The van der Waals surface area contributed by atoms with Crippen molar-refractivity contribution in [3.8, 4) is 22.5 Å². The van der Waals surface area contributed by atoms with Gasteiger partial charge in [-0.15, -0.1) is 0 Å². The van der Waals surface area contributed by atoms with Gasteiger partial charge in [0.05, 0.1) is 22.5 Å². The second kappa shape index (κ2) is 7.60. The third kappa shape index (κ3) is 3.42. The number of anilines is 1. The van der Waals surface area contributed by atoms with Gasteiger partial charge in [0.25, 0.3) is 5.91 Å². The summed E-state index contributed by atoms with van der Waals surface area (Å²) in [5.41, 5.74) is 4.69. The maximum Gasteiger partial charge on any atom is 0.257 e. The number of fused-ring (bicyclic) bond motifs is 1. The van der Waals surface area contributed by atoms with Crippen LogP contribution in [0.15, 0.2) is 91.3 Å². The number of rotatable bonds is 4. The maximum atomic E-state index is 13.2. The van der Waals surface area contributed by atoms with Gasteiger partial charge in [0, 0.05) is 35.0 Å². The molecule has 0 aliphatic rings. The van der Waals surface area contributed by atoms with Crippen molar-refractivity contribution in [2.24, 2.45) is 0 Å². The molecule has 0 saturated heterocycles. The van der Waals surface area contributed by atoms with E-state index in [9.17, 15) is 4.79 Å². The van der Waals surface area contributed by atoms with Crippen LogP contribution in [0.5, 0.6) is 0 Å². The summed E-state index contributed by atoms with van der Waals surface area (Å²) in [6.07, 6.45) is 3.45. The highest BCUT2D eigenvalue weighted by molar-refractivity contribution is 6.12. The third-order valence-electron chi connectivity index (χ3n) is 4.82. The maximum absolute atomic E-state index is 13.2. The Morgan fingerprint density at radius 2 is 1.67 bits per heavy atom. The van der Waals surface area contributed by atoms with E-state index < -0.39 is 0 Å². The summed E-state index contributed by atoms with van der Waals surface area (Å²) in [6, 6.07) is 24.8. The van der Waals surface area contributed by atoms with Crippen molar-refractivity contribution in [1.82, 2.24) is 20.2 Å². The number of aromatic amines is 1. The molecule has 30 heavy (non-hydrogen) atoms. The molecule has 144 valence electrons. The van der Waals surface area contributed by atoms with Crippen LogP contribution in [-0.4, -0.2) is 26.1 Å². The zero-order chi connectivity index (χ0) is 20.3. The molecule has 0 fully saturated rings. The van der Waals surface area contributed by atoms with Crippen molar-refractivity contribution in [3.05, 3.63) is 96.8 Å². The Kier molecular flexibility index (Phi) is 4.50. The minimum atomic E-state index is -0.241. The monoisotopic (exact) mass is 391 g/mol. The molecule has 1 amide bonds. The van der Waals surface area contributed by atoms with E-state index in [0.29, 0.717) is 11.4 Å². The Morgan fingerprint density at radius 3 is 2.50 bits per heavy atom. The first-order valence-electron chi connectivity index (χ1n) is 9.50. The van der Waals surface area contributed by atoms with E-state index in [1.54, 1.807) is 18.5 Å². The fourth-order valence-corrected chi connectivity index (χ4v) is 3.36. The zero-order valence-corrected chi connectivity index (χ0v) is 15.9. The largest absolute Gasteiger partial charge is 0.305 e. The molecule has 3 aromatic heterocycles. The van der Waals surface area contributed by atoms with Crippen LogP contribution >= 0.6 is 0 Å². The van der Waals surface area contributed by atoms with Crippen molar-refractivity contribution in [2.75, 3.05) is 5.32 Å². The Morgan fingerprint density at radius 1 is 0.867 bits per heavy atom. The number of para-hydroxylation sites is 1. The zero-order valence-electron chi connectivity index (χ0n) is 15.9. The number of carbonyl (C=O) groups excluding carboxylic acids is 1. The minimum absolute atomic E-state index is 0.241. The Labute approximate surface area is 172 Å². The van der Waals surface area contributed by atoms with Crippen molar-refractivity contribution in [1.29, 1.82) is 0 Å². The predicted molar refractivity (Wildman–Crippen MR) is 117 cm³/mol. The first kappa shape index (κ1) is 17.8. The van der Waals surface area contributed by atoms with E-state index in [0.717, 1.165) is 33.4 Å². The summed E-state index contributed by atoms with van der Waals surface area (Å²) in [4.78, 5) is 22.0. The van der Waals surface area contributed by atoms with E-state index in [1.807, 2.05) is 72.8 Å². The molecule has 2 aromatic carbocycles. The number of nitrogens with zero attached hydrogens (tertiary/aromatic N) is 3. The highest BCUT2D eigenvalue weighted by atomic mass is 16.1. The fourth-order valence-electron chi connectivity index (χ4n) is 3.36. The summed E-state index contributed by atoms with van der Waals surface area (Å²) >= 11 is 0. The molecule has 0 aliphatic carbocycles. The van der Waals surface area contributed by atoms with Crippen LogP contribution in [0.2, 0.25) is 0 Å². The van der Waals surface area contributed by atoms with Gasteiger partial charge in [-0.2, -0.15) is 5.10 Å². The molecule has 6 heteroatoms. The highest BCUT2D eigenvalue weighted by Gasteiger charge is 2.15. The molecule has 0 radical (unpaired) electrons. The van der Waals surface area contributed by atoms with Crippen LogP contribution in [0, 0.1) is 0 Å². The number of pyridine rings is 2. The van der Waals surface area contributed by atoms with E-state index in [-0.39, 0.29) is 5.91 Å². The van der Waals surface area contributed by atoms with Crippen LogP contribution in [0.4, 0.5) is 5.82 Å². The Balaban J connectivity index is 1.51. The molecule has 0 aliphatic heterocycles. The molecule has 2 N–H and O–H groups in total. The summed E-state index contributed by atoms with van der Waals surface area (Å²) in [5, 5.41) is 10.8. The van der Waals surface area contributed by atoms with Crippen LogP contribution < -0.4 is 5.32 Å². The van der Waals surface area contributed by atoms with Crippen LogP contribution in [0.1, 0.15) is 10.4 Å². The molecule has 3 heterocycles. The number of hydrogen-bond donors (Lipinski definition) is 2. The van der Waals surface area contributed by atoms with Crippen LogP contribution in [0.25, 0.3) is 33.4 Å². The second-order valence-corrected chi connectivity index (χ2v) is 6.80. The summed E-state index contributed by atoms with van der Waals surface area (Å²) < 4.78 is 0. The summed E-state index contributed by atoms with van der Waals surface area (Å²) in [5.74, 6) is 0.205. The Bertz CT molecular complexity index is 1330. The van der Waals surface area contributed by atoms with E-state index in [2.05, 4.69) is 20.5 Å². The molecule has 0 saturated carbocycles. The topological polar surface area (TPSA) is 83.6 Å². The van der Waals surface area contributed by atoms with Gasteiger partial charge in [-0.3, -0.25) is 14.9 Å². The highest BCUT2D eigenvalue weighted by Crippen LogP contribution is 2.26. The molecule has 0 unspecified atom stereocenters. The lowest BCUT2D eigenvalue weighted by Gasteiger charge is -2.09. The van der Waals surface area contributed by atoms with Crippen molar-refractivity contribution >= 4 is 22.6 Å². The summed E-state index contributed by atoms with van der Waals surface area (Å²) in [6.45, 7) is 0. The normalized spacial score (nSPS) is 10.8. The second-order valence-electron chi connectivity index (χ2n) is 6.80. The van der Waals surface area contributed by atoms with Gasteiger partial charge >= 0.3 is 0 Å². The Hall–Kier alpha value is -4.32. The first-order valence-corrected chi connectivity index (χ1v) is 9.50. The average Bonchev–Trinajstić information content (AvgIpc) is 3.28. The van der Waals surface area contributed by atoms with E-state index in [1.165, 1.54) is 0 Å². The number of nitrogens with one attached hydrogen (secondary N) is 2. The molecule has 6 nitrogen and oxygen atoms in total. The van der Waals surface area contributed by atoms with E-state index in [4.69, 9.17) is 4.98 Å². The van der Waals surface area contributed by atoms with Crippen LogP contribution in [0.3, 0.4) is 0 Å². The van der Waals surface area contributed by atoms with Gasteiger partial charge in [-0.05, 0) is 24.3 Å². The van der Waals surface area contributed by atoms with Gasteiger partial charge < -0.3 is 5.32 Å². The summed E-state index contributed by atoms with van der Waals surface area (Å²) in [7, 11) is 0. The fraction of sp³-hybridized carbons (Fsp3) is 0. The van der Waals surface area contributed by atoms with E-state index >= 15 is 0 Å². The molecule has 0 bridgehead atoms. The number of amides is 1. The third-order valence-corrected chi connectivity index (χ3v) is 4.82. The SMILES string of the molecule is O=C(Nc1cc(-c2cccnc2)[nH]n1)c1cc(-c2ccccc2)nc2ccccc12. The van der Waals surface area contributed by atoms with Crippen molar-refractivity contribution in [2.45, 2.75) is 0 Å².